The summed E-state index contributed by atoms with van der Waals surface area (Å²) >= 11 is 6.29. The molecule has 4 nitrogen and oxygen atoms in total. The van der Waals surface area contributed by atoms with E-state index in [9.17, 15) is 9.90 Å². The third kappa shape index (κ3) is 4.97. The second-order valence-electron chi connectivity index (χ2n) is 6.37. The lowest BCUT2D eigenvalue weighted by molar-refractivity contribution is -0.124. The lowest BCUT2D eigenvalue weighted by atomic mass is 9.93. The lowest BCUT2D eigenvalue weighted by Crippen LogP contribution is -2.40. The van der Waals surface area contributed by atoms with Gasteiger partial charge in [0.25, 0.3) is 5.91 Å². The molecular formula is C20H22ClNO3. The Morgan fingerprint density at radius 3 is 2.48 bits per heavy atom. The zero-order valence-electron chi connectivity index (χ0n) is 14.0. The SMILES string of the molecule is O=C(COc1ccc(-c2ccccc2)cc1Cl)NC1CCC(O)CC1. The van der Waals surface area contributed by atoms with Crippen molar-refractivity contribution in [1.82, 2.24) is 5.32 Å². The van der Waals surface area contributed by atoms with Crippen LogP contribution in [0, 0.1) is 0 Å². The van der Waals surface area contributed by atoms with E-state index >= 15 is 0 Å². The summed E-state index contributed by atoms with van der Waals surface area (Å²) < 4.78 is 5.56. The number of aliphatic hydroxyl groups is 1. The molecule has 2 aromatic rings. The predicted octanol–water partition coefficient (Wildman–Crippen LogP) is 3.81. The van der Waals surface area contributed by atoms with E-state index in [0.29, 0.717) is 10.8 Å². The van der Waals surface area contributed by atoms with Crippen LogP contribution in [0.5, 0.6) is 5.75 Å². The summed E-state index contributed by atoms with van der Waals surface area (Å²) in [6, 6.07) is 15.6. The average Bonchev–Trinajstić information content (AvgIpc) is 2.63. The maximum atomic E-state index is 12.0. The van der Waals surface area contributed by atoms with Crippen molar-refractivity contribution in [3.63, 3.8) is 0 Å². The smallest absolute Gasteiger partial charge is 0.258 e. The second kappa shape index (κ2) is 8.37. The van der Waals surface area contributed by atoms with Crippen LogP contribution in [0.25, 0.3) is 11.1 Å². The van der Waals surface area contributed by atoms with Crippen LogP contribution in [0.15, 0.2) is 48.5 Å². The quantitative estimate of drug-likeness (QED) is 0.853. The van der Waals surface area contributed by atoms with Crippen molar-refractivity contribution in [2.24, 2.45) is 0 Å². The molecule has 1 fully saturated rings. The molecule has 0 heterocycles. The highest BCUT2D eigenvalue weighted by Crippen LogP contribution is 2.30. The molecule has 1 amide bonds. The monoisotopic (exact) mass is 359 g/mol. The number of aliphatic hydroxyl groups excluding tert-OH is 1. The van der Waals surface area contributed by atoms with Gasteiger partial charge in [-0.05, 0) is 48.9 Å². The van der Waals surface area contributed by atoms with Gasteiger partial charge < -0.3 is 15.2 Å². The number of halogens is 1. The molecule has 1 saturated carbocycles. The van der Waals surface area contributed by atoms with Gasteiger partial charge in [0.1, 0.15) is 5.75 Å². The van der Waals surface area contributed by atoms with E-state index in [1.807, 2.05) is 42.5 Å². The van der Waals surface area contributed by atoms with Crippen LogP contribution in [0.1, 0.15) is 25.7 Å². The minimum Gasteiger partial charge on any atom is -0.482 e. The molecule has 0 unspecified atom stereocenters. The van der Waals surface area contributed by atoms with Crippen LogP contribution in [0.2, 0.25) is 5.02 Å². The number of carbonyl (C=O) groups is 1. The molecule has 1 aliphatic carbocycles. The normalized spacial score (nSPS) is 20.1. The molecule has 5 heteroatoms. The Morgan fingerprint density at radius 1 is 1.08 bits per heavy atom. The third-order valence-electron chi connectivity index (χ3n) is 4.46. The first-order chi connectivity index (χ1) is 12.1. The first kappa shape index (κ1) is 17.8. The van der Waals surface area contributed by atoms with E-state index in [-0.39, 0.29) is 24.7 Å². The van der Waals surface area contributed by atoms with Gasteiger partial charge in [0.15, 0.2) is 6.61 Å². The van der Waals surface area contributed by atoms with Gasteiger partial charge in [0.05, 0.1) is 11.1 Å². The Morgan fingerprint density at radius 2 is 1.80 bits per heavy atom. The first-order valence-corrected chi connectivity index (χ1v) is 8.95. The van der Waals surface area contributed by atoms with Gasteiger partial charge in [0, 0.05) is 6.04 Å². The second-order valence-corrected chi connectivity index (χ2v) is 6.78. The van der Waals surface area contributed by atoms with E-state index in [1.165, 1.54) is 0 Å². The molecule has 0 saturated heterocycles. The molecule has 132 valence electrons. The highest BCUT2D eigenvalue weighted by molar-refractivity contribution is 6.32. The fourth-order valence-electron chi connectivity index (χ4n) is 3.06. The molecule has 3 rings (SSSR count). The van der Waals surface area contributed by atoms with E-state index < -0.39 is 0 Å². The maximum absolute atomic E-state index is 12.0. The molecule has 2 aromatic carbocycles. The molecule has 2 N–H and O–H groups in total. The highest BCUT2D eigenvalue weighted by atomic mass is 35.5. The minimum absolute atomic E-state index is 0.0660. The van der Waals surface area contributed by atoms with E-state index in [4.69, 9.17) is 16.3 Å². The zero-order valence-corrected chi connectivity index (χ0v) is 14.7. The molecule has 0 bridgehead atoms. The van der Waals surface area contributed by atoms with Gasteiger partial charge in [-0.2, -0.15) is 0 Å². The van der Waals surface area contributed by atoms with Gasteiger partial charge in [-0.15, -0.1) is 0 Å². The molecule has 0 aromatic heterocycles. The van der Waals surface area contributed by atoms with Gasteiger partial charge in [-0.3, -0.25) is 4.79 Å². The highest BCUT2D eigenvalue weighted by Gasteiger charge is 2.21. The Balaban J connectivity index is 1.53. The standard InChI is InChI=1S/C20H22ClNO3/c21-18-12-15(14-4-2-1-3-5-14)6-11-19(18)25-13-20(24)22-16-7-9-17(23)10-8-16/h1-6,11-12,16-17,23H,7-10,13H2,(H,22,24). The number of hydrogen-bond acceptors (Lipinski definition) is 3. The van der Waals surface area contributed by atoms with Crippen LogP contribution >= 0.6 is 11.6 Å². The Labute approximate surface area is 152 Å². The Bertz CT molecular complexity index is 712. The van der Waals surface area contributed by atoms with Crippen LogP contribution in [-0.4, -0.2) is 29.8 Å². The number of rotatable bonds is 5. The fourth-order valence-corrected chi connectivity index (χ4v) is 3.30. The molecule has 1 aliphatic rings. The first-order valence-electron chi connectivity index (χ1n) is 8.57. The van der Waals surface area contributed by atoms with Crippen LogP contribution in [-0.2, 0) is 4.79 Å². The minimum atomic E-state index is -0.230. The molecule has 25 heavy (non-hydrogen) atoms. The zero-order chi connectivity index (χ0) is 17.6. The summed E-state index contributed by atoms with van der Waals surface area (Å²) in [6.07, 6.45) is 2.85. The molecule has 0 atom stereocenters. The number of ether oxygens (including phenoxy) is 1. The number of nitrogens with one attached hydrogen (secondary N) is 1. The summed E-state index contributed by atoms with van der Waals surface area (Å²) in [7, 11) is 0. The van der Waals surface area contributed by atoms with Crippen molar-refractivity contribution in [2.45, 2.75) is 37.8 Å². The fraction of sp³-hybridized carbons (Fsp3) is 0.350. The van der Waals surface area contributed by atoms with Crippen molar-refractivity contribution >= 4 is 17.5 Å². The van der Waals surface area contributed by atoms with Crippen molar-refractivity contribution in [2.75, 3.05) is 6.61 Å². The Hall–Kier alpha value is -2.04. The van der Waals surface area contributed by atoms with E-state index in [0.717, 1.165) is 36.8 Å². The molecular weight excluding hydrogens is 338 g/mol. The summed E-state index contributed by atoms with van der Waals surface area (Å²) in [4.78, 5) is 12.0. The molecule has 0 aliphatic heterocycles. The van der Waals surface area contributed by atoms with Gasteiger partial charge >= 0.3 is 0 Å². The van der Waals surface area contributed by atoms with Crippen molar-refractivity contribution in [3.05, 3.63) is 53.6 Å². The maximum Gasteiger partial charge on any atom is 0.258 e. The largest absolute Gasteiger partial charge is 0.482 e. The molecule has 0 radical (unpaired) electrons. The number of benzene rings is 2. The topological polar surface area (TPSA) is 58.6 Å². The molecule has 0 spiro atoms. The van der Waals surface area contributed by atoms with Crippen LogP contribution < -0.4 is 10.1 Å². The van der Waals surface area contributed by atoms with Gasteiger partial charge in [-0.1, -0.05) is 48.0 Å². The number of amides is 1. The summed E-state index contributed by atoms with van der Waals surface area (Å²) in [5.74, 6) is 0.333. The van der Waals surface area contributed by atoms with E-state index in [1.54, 1.807) is 6.07 Å². The lowest BCUT2D eigenvalue weighted by Gasteiger charge is -2.26. The average molecular weight is 360 g/mol. The number of hydrogen-bond donors (Lipinski definition) is 2. The number of carbonyl (C=O) groups excluding carboxylic acids is 1. The predicted molar refractivity (Wildman–Crippen MR) is 98.8 cm³/mol. The van der Waals surface area contributed by atoms with Crippen LogP contribution in [0.4, 0.5) is 0 Å². The van der Waals surface area contributed by atoms with Crippen molar-refractivity contribution in [1.29, 1.82) is 0 Å². The summed E-state index contributed by atoms with van der Waals surface area (Å²) in [5, 5.41) is 12.9. The van der Waals surface area contributed by atoms with Gasteiger partial charge in [0.2, 0.25) is 0 Å². The summed E-state index contributed by atoms with van der Waals surface area (Å²) in [6.45, 7) is -0.0660. The van der Waals surface area contributed by atoms with Crippen LogP contribution in [0.3, 0.4) is 0 Å². The summed E-state index contributed by atoms with van der Waals surface area (Å²) in [5.41, 5.74) is 2.08. The van der Waals surface area contributed by atoms with Crippen molar-refractivity contribution in [3.8, 4) is 16.9 Å². The Kier molecular flexibility index (Phi) is 5.95. The third-order valence-corrected chi connectivity index (χ3v) is 4.75. The van der Waals surface area contributed by atoms with Crippen molar-refractivity contribution < 1.29 is 14.6 Å². The van der Waals surface area contributed by atoms with E-state index in [2.05, 4.69) is 5.32 Å². The van der Waals surface area contributed by atoms with Gasteiger partial charge in [-0.25, -0.2) is 0 Å².